The zero-order chi connectivity index (χ0) is 14.9. The Morgan fingerprint density at radius 1 is 0.905 bits per heavy atom. The van der Waals surface area contributed by atoms with Crippen molar-refractivity contribution in [2.45, 2.75) is 51.4 Å². The van der Waals surface area contributed by atoms with Crippen molar-refractivity contribution in [3.63, 3.8) is 0 Å². The average Bonchev–Trinajstić information content (AvgIpc) is 2.96. The molecule has 0 radical (unpaired) electrons. The lowest BCUT2D eigenvalue weighted by Crippen LogP contribution is -2.51. The van der Waals surface area contributed by atoms with Crippen LogP contribution in [0.2, 0.25) is 0 Å². The van der Waals surface area contributed by atoms with Crippen LogP contribution in [0.1, 0.15) is 51.4 Å². The molecule has 0 bridgehead atoms. The van der Waals surface area contributed by atoms with Crippen LogP contribution in [0.4, 0.5) is 0 Å². The van der Waals surface area contributed by atoms with Crippen LogP contribution in [0.5, 0.6) is 0 Å². The van der Waals surface area contributed by atoms with Crippen LogP contribution in [0.25, 0.3) is 0 Å². The van der Waals surface area contributed by atoms with Crippen LogP contribution in [-0.2, 0) is 10.2 Å². The fraction of sp³-hybridized carbons (Fsp3) is 1.00. The quantitative estimate of drug-likeness (QED) is 0.860. The van der Waals surface area contributed by atoms with Gasteiger partial charge in [-0.2, -0.15) is 17.0 Å². The molecular formula is C15H28N2O3S. The van der Waals surface area contributed by atoms with Crippen molar-refractivity contribution >= 4 is 10.2 Å². The van der Waals surface area contributed by atoms with E-state index in [2.05, 4.69) is 0 Å². The first-order chi connectivity index (χ1) is 10.1. The van der Waals surface area contributed by atoms with Crippen LogP contribution in [0, 0.1) is 11.3 Å². The summed E-state index contributed by atoms with van der Waals surface area (Å²) < 4.78 is 28.8. The smallest absolute Gasteiger partial charge is 0.281 e. The van der Waals surface area contributed by atoms with E-state index >= 15 is 0 Å². The molecule has 0 amide bonds. The Balaban J connectivity index is 1.59. The maximum atomic E-state index is 12.7. The predicted octanol–water partition coefficient (Wildman–Crippen LogP) is 1.59. The molecule has 3 aliphatic rings. The summed E-state index contributed by atoms with van der Waals surface area (Å²) in [6, 6.07) is 0. The highest BCUT2D eigenvalue weighted by atomic mass is 32.2. The second-order valence-electron chi connectivity index (χ2n) is 7.14. The standard InChI is InChI=1S/C15H28N2O3S/c18-13-14-3-9-16(10-4-14)21(19,20)17-11-7-15(8-12-17)5-1-2-6-15/h14,18H,1-13H2. The minimum atomic E-state index is -3.28. The van der Waals surface area contributed by atoms with Gasteiger partial charge in [-0.3, -0.25) is 0 Å². The van der Waals surface area contributed by atoms with Gasteiger partial charge in [-0.25, -0.2) is 0 Å². The Hall–Kier alpha value is -0.170. The molecule has 1 aliphatic carbocycles. The number of rotatable bonds is 3. The Labute approximate surface area is 128 Å². The van der Waals surface area contributed by atoms with E-state index in [0.717, 1.165) is 25.7 Å². The van der Waals surface area contributed by atoms with Gasteiger partial charge in [0, 0.05) is 32.8 Å². The molecule has 122 valence electrons. The number of nitrogens with zero attached hydrogens (tertiary/aromatic N) is 2. The number of aliphatic hydroxyl groups excluding tert-OH is 1. The summed E-state index contributed by atoms with van der Waals surface area (Å²) in [7, 11) is -3.28. The van der Waals surface area contributed by atoms with E-state index in [-0.39, 0.29) is 12.5 Å². The van der Waals surface area contributed by atoms with E-state index in [1.807, 2.05) is 0 Å². The van der Waals surface area contributed by atoms with Gasteiger partial charge in [-0.15, -0.1) is 0 Å². The van der Waals surface area contributed by atoms with Crippen molar-refractivity contribution in [1.29, 1.82) is 0 Å². The van der Waals surface area contributed by atoms with Crippen LogP contribution in [-0.4, -0.2) is 54.9 Å². The maximum absolute atomic E-state index is 12.7. The molecule has 21 heavy (non-hydrogen) atoms. The van der Waals surface area contributed by atoms with Crippen LogP contribution in [0.15, 0.2) is 0 Å². The lowest BCUT2D eigenvalue weighted by atomic mass is 9.78. The SMILES string of the molecule is O=S(=O)(N1CCC(CO)CC1)N1CCC2(CCCC2)CC1. The lowest BCUT2D eigenvalue weighted by molar-refractivity contribution is 0.142. The summed E-state index contributed by atoms with van der Waals surface area (Å²) in [5.74, 6) is 0.277. The summed E-state index contributed by atoms with van der Waals surface area (Å²) in [4.78, 5) is 0. The number of hydrogen-bond donors (Lipinski definition) is 1. The molecule has 0 unspecified atom stereocenters. The first kappa shape index (κ1) is 15.7. The predicted molar refractivity (Wildman–Crippen MR) is 82.0 cm³/mol. The van der Waals surface area contributed by atoms with Gasteiger partial charge in [-0.05, 0) is 49.9 Å². The molecule has 0 aromatic heterocycles. The largest absolute Gasteiger partial charge is 0.396 e. The van der Waals surface area contributed by atoms with Gasteiger partial charge in [0.15, 0.2) is 0 Å². The molecule has 0 aromatic carbocycles. The van der Waals surface area contributed by atoms with E-state index in [0.29, 0.717) is 31.6 Å². The molecule has 6 heteroatoms. The molecule has 0 atom stereocenters. The van der Waals surface area contributed by atoms with Crippen molar-refractivity contribution in [2.75, 3.05) is 32.8 Å². The van der Waals surface area contributed by atoms with Gasteiger partial charge in [0.2, 0.25) is 0 Å². The van der Waals surface area contributed by atoms with E-state index in [4.69, 9.17) is 5.11 Å². The second-order valence-corrected chi connectivity index (χ2v) is 9.07. The molecule has 0 aromatic rings. The van der Waals surface area contributed by atoms with E-state index < -0.39 is 10.2 Å². The Morgan fingerprint density at radius 2 is 1.43 bits per heavy atom. The molecule has 1 saturated carbocycles. The van der Waals surface area contributed by atoms with Crippen molar-refractivity contribution < 1.29 is 13.5 Å². The Kier molecular flexibility index (Phi) is 4.60. The first-order valence-corrected chi connectivity index (χ1v) is 9.82. The maximum Gasteiger partial charge on any atom is 0.281 e. The summed E-state index contributed by atoms with van der Waals surface area (Å²) >= 11 is 0. The van der Waals surface area contributed by atoms with Gasteiger partial charge >= 0.3 is 0 Å². The highest BCUT2D eigenvalue weighted by Gasteiger charge is 2.41. The van der Waals surface area contributed by atoms with Gasteiger partial charge in [0.25, 0.3) is 10.2 Å². The summed E-state index contributed by atoms with van der Waals surface area (Å²) in [5, 5.41) is 9.17. The van der Waals surface area contributed by atoms with Crippen LogP contribution in [0.3, 0.4) is 0 Å². The zero-order valence-corrected chi connectivity index (χ0v) is 13.7. The third-order valence-electron chi connectivity index (χ3n) is 5.93. The van der Waals surface area contributed by atoms with Crippen molar-refractivity contribution in [2.24, 2.45) is 11.3 Å². The third-order valence-corrected chi connectivity index (χ3v) is 7.97. The van der Waals surface area contributed by atoms with E-state index in [1.54, 1.807) is 8.61 Å². The molecule has 2 aliphatic heterocycles. The molecule has 5 nitrogen and oxygen atoms in total. The van der Waals surface area contributed by atoms with Crippen molar-refractivity contribution in [1.82, 2.24) is 8.61 Å². The lowest BCUT2D eigenvalue weighted by Gasteiger charge is -2.41. The number of aliphatic hydroxyl groups is 1. The Bertz CT molecular complexity index is 442. The second kappa shape index (κ2) is 6.14. The molecule has 3 rings (SSSR count). The van der Waals surface area contributed by atoms with Gasteiger partial charge in [0.05, 0.1) is 0 Å². The highest BCUT2D eigenvalue weighted by molar-refractivity contribution is 7.86. The van der Waals surface area contributed by atoms with Crippen molar-refractivity contribution in [3.8, 4) is 0 Å². The third kappa shape index (κ3) is 3.14. The minimum Gasteiger partial charge on any atom is -0.396 e. The molecule has 2 heterocycles. The fourth-order valence-electron chi connectivity index (χ4n) is 4.30. The average molecular weight is 316 g/mol. The van der Waals surface area contributed by atoms with Gasteiger partial charge in [0.1, 0.15) is 0 Å². The monoisotopic (exact) mass is 316 g/mol. The van der Waals surface area contributed by atoms with Crippen LogP contribution < -0.4 is 0 Å². The Morgan fingerprint density at radius 3 is 1.95 bits per heavy atom. The van der Waals surface area contributed by atoms with Gasteiger partial charge in [-0.1, -0.05) is 12.8 Å². The zero-order valence-electron chi connectivity index (χ0n) is 12.8. The molecule has 2 saturated heterocycles. The summed E-state index contributed by atoms with van der Waals surface area (Å²) in [5.41, 5.74) is 0.454. The summed E-state index contributed by atoms with van der Waals surface area (Å²) in [6.45, 7) is 2.70. The molecular weight excluding hydrogens is 288 g/mol. The van der Waals surface area contributed by atoms with Gasteiger partial charge < -0.3 is 5.11 Å². The molecule has 1 spiro atoms. The molecule has 1 N–H and O–H groups in total. The summed E-state index contributed by atoms with van der Waals surface area (Å²) in [6.07, 6.45) is 8.88. The van der Waals surface area contributed by atoms with Crippen LogP contribution >= 0.6 is 0 Å². The number of hydrogen-bond acceptors (Lipinski definition) is 3. The number of piperidine rings is 2. The molecule has 3 fully saturated rings. The topological polar surface area (TPSA) is 60.9 Å². The fourth-order valence-corrected chi connectivity index (χ4v) is 5.95. The first-order valence-electron chi connectivity index (χ1n) is 8.42. The highest BCUT2D eigenvalue weighted by Crippen LogP contribution is 2.46. The van der Waals surface area contributed by atoms with E-state index in [1.165, 1.54) is 25.7 Å². The van der Waals surface area contributed by atoms with E-state index in [9.17, 15) is 8.42 Å². The normalized spacial score (nSPS) is 29.2. The van der Waals surface area contributed by atoms with Crippen molar-refractivity contribution in [3.05, 3.63) is 0 Å². The minimum absolute atomic E-state index is 0.181.